The van der Waals surface area contributed by atoms with Gasteiger partial charge in [0.05, 0.1) is 15.6 Å². The van der Waals surface area contributed by atoms with Crippen LogP contribution in [0.2, 0.25) is 10.0 Å². The van der Waals surface area contributed by atoms with Crippen molar-refractivity contribution in [2.24, 2.45) is 0 Å². The molecule has 2 aromatic rings. The molecule has 0 saturated carbocycles. The van der Waals surface area contributed by atoms with Crippen LogP contribution in [0, 0.1) is 0 Å². The number of anilines is 1. The van der Waals surface area contributed by atoms with Gasteiger partial charge in [-0.1, -0.05) is 35.3 Å². The SMILES string of the molecule is FC(F)(F)c1cccc(CNc2ccc(Cl)c(Cl)c2)c1. The molecule has 0 aromatic heterocycles. The van der Waals surface area contributed by atoms with E-state index < -0.39 is 11.7 Å². The van der Waals surface area contributed by atoms with Gasteiger partial charge in [-0.15, -0.1) is 0 Å². The number of halogens is 5. The van der Waals surface area contributed by atoms with Gasteiger partial charge in [-0.2, -0.15) is 13.2 Å². The Kier molecular flexibility index (Phi) is 4.45. The van der Waals surface area contributed by atoms with Gasteiger partial charge in [0.25, 0.3) is 0 Å². The third-order valence-corrected chi connectivity index (χ3v) is 3.41. The predicted octanol–water partition coefficient (Wildman–Crippen LogP) is 5.62. The quantitative estimate of drug-likeness (QED) is 0.773. The van der Waals surface area contributed by atoms with Crippen molar-refractivity contribution in [2.45, 2.75) is 12.7 Å². The Hall–Kier alpha value is -1.39. The highest BCUT2D eigenvalue weighted by Gasteiger charge is 2.30. The van der Waals surface area contributed by atoms with Crippen LogP contribution in [0.5, 0.6) is 0 Å². The highest BCUT2D eigenvalue weighted by atomic mass is 35.5. The summed E-state index contributed by atoms with van der Waals surface area (Å²) in [5.74, 6) is 0. The standard InChI is InChI=1S/C14H10Cl2F3N/c15-12-5-4-11(7-13(12)16)20-8-9-2-1-3-10(6-9)14(17,18)19/h1-7,20H,8H2. The summed E-state index contributed by atoms with van der Waals surface area (Å²) < 4.78 is 37.7. The van der Waals surface area contributed by atoms with Gasteiger partial charge in [-0.05, 0) is 35.9 Å². The fourth-order valence-corrected chi connectivity index (χ4v) is 1.97. The van der Waals surface area contributed by atoms with E-state index in [0.29, 0.717) is 21.3 Å². The number of benzene rings is 2. The first-order chi connectivity index (χ1) is 9.36. The first-order valence-electron chi connectivity index (χ1n) is 5.71. The van der Waals surface area contributed by atoms with E-state index in [-0.39, 0.29) is 6.54 Å². The van der Waals surface area contributed by atoms with Crippen LogP contribution in [0.25, 0.3) is 0 Å². The van der Waals surface area contributed by atoms with Crippen LogP contribution >= 0.6 is 23.2 Å². The third kappa shape index (κ3) is 3.81. The van der Waals surface area contributed by atoms with Gasteiger partial charge < -0.3 is 5.32 Å². The minimum absolute atomic E-state index is 0.266. The molecule has 106 valence electrons. The maximum absolute atomic E-state index is 12.6. The Morgan fingerprint density at radius 2 is 1.70 bits per heavy atom. The summed E-state index contributed by atoms with van der Waals surface area (Å²) in [6.45, 7) is 0.266. The van der Waals surface area contributed by atoms with Crippen LogP contribution in [0.4, 0.5) is 18.9 Å². The molecule has 6 heteroatoms. The molecule has 2 aromatic carbocycles. The van der Waals surface area contributed by atoms with Crippen molar-refractivity contribution in [3.63, 3.8) is 0 Å². The Labute approximate surface area is 124 Å². The summed E-state index contributed by atoms with van der Waals surface area (Å²) in [6, 6.07) is 10.1. The molecule has 0 spiro atoms. The summed E-state index contributed by atoms with van der Waals surface area (Å²) in [7, 11) is 0. The minimum Gasteiger partial charge on any atom is -0.381 e. The number of hydrogen-bond acceptors (Lipinski definition) is 1. The fraction of sp³-hybridized carbons (Fsp3) is 0.143. The lowest BCUT2D eigenvalue weighted by atomic mass is 10.1. The molecule has 0 saturated heterocycles. The normalized spacial score (nSPS) is 11.4. The Morgan fingerprint density at radius 1 is 0.950 bits per heavy atom. The van der Waals surface area contributed by atoms with E-state index in [1.165, 1.54) is 6.07 Å². The van der Waals surface area contributed by atoms with E-state index in [4.69, 9.17) is 23.2 Å². The molecular formula is C14H10Cl2F3N. The zero-order chi connectivity index (χ0) is 14.8. The number of hydrogen-bond donors (Lipinski definition) is 1. The minimum atomic E-state index is -4.33. The summed E-state index contributed by atoms with van der Waals surface area (Å²) in [6.07, 6.45) is -4.33. The largest absolute Gasteiger partial charge is 0.416 e. The molecule has 0 aliphatic rings. The van der Waals surface area contributed by atoms with Crippen LogP contribution in [-0.4, -0.2) is 0 Å². The molecule has 0 aliphatic carbocycles. The van der Waals surface area contributed by atoms with E-state index in [0.717, 1.165) is 12.1 Å². The summed E-state index contributed by atoms with van der Waals surface area (Å²) in [5, 5.41) is 3.81. The lowest BCUT2D eigenvalue weighted by Gasteiger charge is -2.10. The third-order valence-electron chi connectivity index (χ3n) is 2.67. The van der Waals surface area contributed by atoms with E-state index in [1.807, 2.05) is 0 Å². The van der Waals surface area contributed by atoms with Crippen molar-refractivity contribution in [1.29, 1.82) is 0 Å². The molecule has 0 heterocycles. The van der Waals surface area contributed by atoms with Gasteiger partial charge in [0.1, 0.15) is 0 Å². The van der Waals surface area contributed by atoms with Crippen LogP contribution in [0.1, 0.15) is 11.1 Å². The van der Waals surface area contributed by atoms with E-state index in [1.54, 1.807) is 24.3 Å². The van der Waals surface area contributed by atoms with Gasteiger partial charge in [0, 0.05) is 12.2 Å². The highest BCUT2D eigenvalue weighted by molar-refractivity contribution is 6.42. The van der Waals surface area contributed by atoms with E-state index in [2.05, 4.69) is 5.32 Å². The lowest BCUT2D eigenvalue weighted by Crippen LogP contribution is -2.06. The number of nitrogens with one attached hydrogen (secondary N) is 1. The fourth-order valence-electron chi connectivity index (χ4n) is 1.67. The summed E-state index contributed by atoms with van der Waals surface area (Å²) >= 11 is 11.6. The molecule has 1 nitrogen and oxygen atoms in total. The van der Waals surface area contributed by atoms with Gasteiger partial charge in [0.2, 0.25) is 0 Å². The Balaban J connectivity index is 2.09. The highest BCUT2D eigenvalue weighted by Crippen LogP contribution is 2.30. The monoisotopic (exact) mass is 319 g/mol. The maximum Gasteiger partial charge on any atom is 0.416 e. The second-order valence-corrected chi connectivity index (χ2v) is 4.99. The van der Waals surface area contributed by atoms with Crippen molar-refractivity contribution in [3.05, 3.63) is 63.6 Å². The molecular weight excluding hydrogens is 310 g/mol. The Morgan fingerprint density at radius 3 is 2.35 bits per heavy atom. The molecule has 1 N–H and O–H groups in total. The van der Waals surface area contributed by atoms with Crippen LogP contribution < -0.4 is 5.32 Å². The summed E-state index contributed by atoms with van der Waals surface area (Å²) in [5.41, 5.74) is 0.564. The molecule has 20 heavy (non-hydrogen) atoms. The molecule has 2 rings (SSSR count). The van der Waals surface area contributed by atoms with Crippen molar-refractivity contribution >= 4 is 28.9 Å². The average molecular weight is 320 g/mol. The van der Waals surface area contributed by atoms with Crippen molar-refractivity contribution in [3.8, 4) is 0 Å². The molecule has 0 atom stereocenters. The lowest BCUT2D eigenvalue weighted by molar-refractivity contribution is -0.137. The zero-order valence-corrected chi connectivity index (χ0v) is 11.7. The van der Waals surface area contributed by atoms with Gasteiger partial charge >= 0.3 is 6.18 Å². The Bertz CT molecular complexity index is 612. The van der Waals surface area contributed by atoms with Crippen molar-refractivity contribution in [2.75, 3.05) is 5.32 Å². The maximum atomic E-state index is 12.6. The van der Waals surface area contributed by atoms with Crippen LogP contribution in [0.15, 0.2) is 42.5 Å². The van der Waals surface area contributed by atoms with E-state index in [9.17, 15) is 13.2 Å². The molecule has 0 aliphatic heterocycles. The van der Waals surface area contributed by atoms with Crippen molar-refractivity contribution in [1.82, 2.24) is 0 Å². The van der Waals surface area contributed by atoms with Crippen molar-refractivity contribution < 1.29 is 13.2 Å². The zero-order valence-electron chi connectivity index (χ0n) is 10.1. The summed E-state index contributed by atoms with van der Waals surface area (Å²) in [4.78, 5) is 0. The smallest absolute Gasteiger partial charge is 0.381 e. The molecule has 0 radical (unpaired) electrons. The molecule has 0 fully saturated rings. The van der Waals surface area contributed by atoms with E-state index >= 15 is 0 Å². The van der Waals surface area contributed by atoms with Crippen LogP contribution in [0.3, 0.4) is 0 Å². The van der Waals surface area contributed by atoms with Gasteiger partial charge in [0.15, 0.2) is 0 Å². The molecule has 0 bridgehead atoms. The van der Waals surface area contributed by atoms with Crippen LogP contribution in [-0.2, 0) is 12.7 Å². The average Bonchev–Trinajstić information content (AvgIpc) is 2.39. The first-order valence-corrected chi connectivity index (χ1v) is 6.47. The van der Waals surface area contributed by atoms with Gasteiger partial charge in [-0.3, -0.25) is 0 Å². The van der Waals surface area contributed by atoms with Gasteiger partial charge in [-0.25, -0.2) is 0 Å². The topological polar surface area (TPSA) is 12.0 Å². The molecule has 0 unspecified atom stereocenters. The predicted molar refractivity (Wildman–Crippen MR) is 75.2 cm³/mol. The second-order valence-electron chi connectivity index (χ2n) is 4.18. The number of alkyl halides is 3. The molecule has 0 amide bonds. The number of rotatable bonds is 3. The first kappa shape index (κ1) is 15.0. The second kappa shape index (κ2) is 5.94.